The standard InChI is InChI=1S/C19H17N5O2/c1-12(2)21-19(26)16-17(22-15-5-3-4-10-24(15)16)23-18(25)14-8-6-13(11-20)7-9-14/h3-10,12H,1-2H3,(H,21,26)(H,23,25). The minimum atomic E-state index is -0.406. The number of nitrogens with zero attached hydrogens (tertiary/aromatic N) is 3. The third-order valence-electron chi connectivity index (χ3n) is 3.67. The molecule has 0 atom stereocenters. The van der Waals surface area contributed by atoms with Gasteiger partial charge in [0.25, 0.3) is 11.8 Å². The lowest BCUT2D eigenvalue weighted by atomic mass is 10.1. The Bertz CT molecular complexity index is 1010. The Balaban J connectivity index is 1.97. The second-order valence-electron chi connectivity index (χ2n) is 6.01. The van der Waals surface area contributed by atoms with Crippen LogP contribution in [-0.2, 0) is 0 Å². The van der Waals surface area contributed by atoms with Crippen LogP contribution in [0, 0.1) is 11.3 Å². The van der Waals surface area contributed by atoms with Crippen LogP contribution in [0.3, 0.4) is 0 Å². The minimum Gasteiger partial charge on any atom is -0.348 e. The smallest absolute Gasteiger partial charge is 0.272 e. The summed E-state index contributed by atoms with van der Waals surface area (Å²) in [6.07, 6.45) is 1.72. The minimum absolute atomic E-state index is 0.0566. The Labute approximate surface area is 150 Å². The van der Waals surface area contributed by atoms with Gasteiger partial charge in [0.2, 0.25) is 0 Å². The van der Waals surface area contributed by atoms with Crippen LogP contribution in [-0.4, -0.2) is 27.2 Å². The van der Waals surface area contributed by atoms with Crippen molar-refractivity contribution in [3.8, 4) is 6.07 Å². The van der Waals surface area contributed by atoms with Crippen LogP contribution in [0.4, 0.5) is 5.82 Å². The monoisotopic (exact) mass is 347 g/mol. The van der Waals surface area contributed by atoms with E-state index in [9.17, 15) is 9.59 Å². The lowest BCUT2D eigenvalue weighted by Crippen LogP contribution is -2.32. The molecule has 0 unspecified atom stereocenters. The van der Waals surface area contributed by atoms with E-state index in [-0.39, 0.29) is 23.5 Å². The number of aromatic nitrogens is 2. The maximum atomic E-state index is 12.6. The Hall–Kier alpha value is -3.66. The topological polar surface area (TPSA) is 99.3 Å². The van der Waals surface area contributed by atoms with Gasteiger partial charge in [-0.15, -0.1) is 0 Å². The first kappa shape index (κ1) is 17.2. The molecule has 0 aliphatic carbocycles. The van der Waals surface area contributed by atoms with E-state index < -0.39 is 5.91 Å². The molecule has 0 bridgehead atoms. The third-order valence-corrected chi connectivity index (χ3v) is 3.67. The van der Waals surface area contributed by atoms with Crippen LogP contribution in [0.15, 0.2) is 48.7 Å². The Morgan fingerprint density at radius 2 is 1.85 bits per heavy atom. The summed E-state index contributed by atoms with van der Waals surface area (Å²) in [5.41, 5.74) is 1.65. The lowest BCUT2D eigenvalue weighted by Gasteiger charge is -2.10. The van der Waals surface area contributed by atoms with Crippen molar-refractivity contribution in [2.45, 2.75) is 19.9 Å². The summed E-state index contributed by atoms with van der Waals surface area (Å²) in [4.78, 5) is 29.5. The number of amides is 2. The molecule has 2 N–H and O–H groups in total. The van der Waals surface area contributed by atoms with E-state index in [0.717, 1.165) is 0 Å². The molecule has 130 valence electrons. The van der Waals surface area contributed by atoms with Gasteiger partial charge in [-0.05, 0) is 50.2 Å². The summed E-state index contributed by atoms with van der Waals surface area (Å²) >= 11 is 0. The maximum Gasteiger partial charge on any atom is 0.272 e. The molecule has 2 aromatic heterocycles. The molecule has 26 heavy (non-hydrogen) atoms. The van der Waals surface area contributed by atoms with Gasteiger partial charge < -0.3 is 10.6 Å². The molecule has 0 saturated heterocycles. The predicted octanol–water partition coefficient (Wildman–Crippen LogP) is 2.60. The quantitative estimate of drug-likeness (QED) is 0.758. The fourth-order valence-electron chi connectivity index (χ4n) is 2.51. The number of fused-ring (bicyclic) bond motifs is 1. The summed E-state index contributed by atoms with van der Waals surface area (Å²) < 4.78 is 1.63. The fourth-order valence-corrected chi connectivity index (χ4v) is 2.51. The molecule has 1 aromatic carbocycles. The first-order chi connectivity index (χ1) is 12.5. The highest BCUT2D eigenvalue weighted by atomic mass is 16.2. The molecule has 3 rings (SSSR count). The first-order valence-corrected chi connectivity index (χ1v) is 8.09. The highest BCUT2D eigenvalue weighted by molar-refractivity contribution is 6.08. The van der Waals surface area contributed by atoms with E-state index in [4.69, 9.17) is 5.26 Å². The van der Waals surface area contributed by atoms with E-state index in [1.54, 1.807) is 53.1 Å². The largest absolute Gasteiger partial charge is 0.348 e. The Morgan fingerprint density at radius 3 is 2.50 bits per heavy atom. The number of nitriles is 1. The number of carbonyl (C=O) groups is 2. The molecule has 2 amide bonds. The number of anilines is 1. The molecule has 0 fully saturated rings. The van der Waals surface area contributed by atoms with E-state index in [2.05, 4.69) is 15.6 Å². The van der Waals surface area contributed by atoms with Crippen LogP contribution in [0.2, 0.25) is 0 Å². The highest BCUT2D eigenvalue weighted by Crippen LogP contribution is 2.19. The Kier molecular flexibility index (Phi) is 4.67. The van der Waals surface area contributed by atoms with Crippen molar-refractivity contribution in [2.75, 3.05) is 5.32 Å². The number of imidazole rings is 1. The molecule has 7 nitrogen and oxygen atoms in total. The van der Waals surface area contributed by atoms with Crippen molar-refractivity contribution in [1.82, 2.24) is 14.7 Å². The predicted molar refractivity (Wildman–Crippen MR) is 96.9 cm³/mol. The second-order valence-corrected chi connectivity index (χ2v) is 6.01. The van der Waals surface area contributed by atoms with Gasteiger partial charge >= 0.3 is 0 Å². The average Bonchev–Trinajstić information content (AvgIpc) is 2.99. The molecule has 0 aliphatic rings. The Morgan fingerprint density at radius 1 is 1.12 bits per heavy atom. The maximum absolute atomic E-state index is 12.6. The van der Waals surface area contributed by atoms with Crippen LogP contribution < -0.4 is 10.6 Å². The molecule has 7 heteroatoms. The number of rotatable bonds is 4. The SMILES string of the molecule is CC(C)NC(=O)c1c(NC(=O)c2ccc(C#N)cc2)nc2ccccn12. The molecular weight excluding hydrogens is 330 g/mol. The van der Waals surface area contributed by atoms with Gasteiger partial charge in [0.1, 0.15) is 5.65 Å². The van der Waals surface area contributed by atoms with Crippen LogP contribution >= 0.6 is 0 Å². The van der Waals surface area contributed by atoms with Crippen molar-refractivity contribution in [1.29, 1.82) is 5.26 Å². The molecule has 3 aromatic rings. The third kappa shape index (κ3) is 3.39. The summed E-state index contributed by atoms with van der Waals surface area (Å²) in [6, 6.07) is 13.5. The summed E-state index contributed by atoms with van der Waals surface area (Å²) in [5.74, 6) is -0.547. The lowest BCUT2D eigenvalue weighted by molar-refractivity contribution is 0.0938. The number of pyridine rings is 1. The van der Waals surface area contributed by atoms with Gasteiger partial charge in [0.15, 0.2) is 11.5 Å². The van der Waals surface area contributed by atoms with Crippen molar-refractivity contribution in [3.63, 3.8) is 0 Å². The molecular formula is C19H17N5O2. The van der Waals surface area contributed by atoms with Gasteiger partial charge in [-0.25, -0.2) is 4.98 Å². The highest BCUT2D eigenvalue weighted by Gasteiger charge is 2.21. The zero-order valence-corrected chi connectivity index (χ0v) is 14.4. The van der Waals surface area contributed by atoms with Crippen molar-refractivity contribution in [2.24, 2.45) is 0 Å². The zero-order chi connectivity index (χ0) is 18.7. The number of benzene rings is 1. The fraction of sp³-hybridized carbons (Fsp3) is 0.158. The average molecular weight is 347 g/mol. The van der Waals surface area contributed by atoms with Gasteiger partial charge in [-0.2, -0.15) is 5.26 Å². The second kappa shape index (κ2) is 7.07. The summed E-state index contributed by atoms with van der Waals surface area (Å²) in [5, 5.41) is 14.4. The van der Waals surface area contributed by atoms with Crippen molar-refractivity contribution >= 4 is 23.3 Å². The number of hydrogen-bond acceptors (Lipinski definition) is 4. The summed E-state index contributed by atoms with van der Waals surface area (Å²) in [6.45, 7) is 3.71. The van der Waals surface area contributed by atoms with Crippen LogP contribution in [0.25, 0.3) is 5.65 Å². The normalized spacial score (nSPS) is 10.5. The van der Waals surface area contributed by atoms with Crippen LogP contribution in [0.5, 0.6) is 0 Å². The molecule has 0 aliphatic heterocycles. The zero-order valence-electron chi connectivity index (χ0n) is 14.4. The van der Waals surface area contributed by atoms with Crippen LogP contribution in [0.1, 0.15) is 40.3 Å². The van der Waals surface area contributed by atoms with E-state index in [1.165, 1.54) is 0 Å². The van der Waals surface area contributed by atoms with Gasteiger partial charge in [-0.3, -0.25) is 14.0 Å². The van der Waals surface area contributed by atoms with Crippen molar-refractivity contribution in [3.05, 3.63) is 65.5 Å². The van der Waals surface area contributed by atoms with Gasteiger partial charge in [0.05, 0.1) is 11.6 Å². The number of hydrogen-bond donors (Lipinski definition) is 2. The molecule has 0 radical (unpaired) electrons. The van der Waals surface area contributed by atoms with Gasteiger partial charge in [-0.1, -0.05) is 6.07 Å². The van der Waals surface area contributed by atoms with E-state index in [0.29, 0.717) is 16.8 Å². The van der Waals surface area contributed by atoms with E-state index in [1.807, 2.05) is 19.9 Å². The van der Waals surface area contributed by atoms with E-state index >= 15 is 0 Å². The number of nitrogens with one attached hydrogen (secondary N) is 2. The van der Waals surface area contributed by atoms with Gasteiger partial charge in [0, 0.05) is 17.8 Å². The number of carbonyl (C=O) groups excluding carboxylic acids is 2. The van der Waals surface area contributed by atoms with Crippen molar-refractivity contribution < 1.29 is 9.59 Å². The molecule has 2 heterocycles. The first-order valence-electron chi connectivity index (χ1n) is 8.09. The molecule has 0 saturated carbocycles. The summed E-state index contributed by atoms with van der Waals surface area (Å²) in [7, 11) is 0. The molecule has 0 spiro atoms.